The molecule has 4 nitrogen and oxygen atoms in total. The molecular weight excluding hydrogens is 389 g/mol. The van der Waals surface area contributed by atoms with E-state index < -0.39 is 0 Å². The summed E-state index contributed by atoms with van der Waals surface area (Å²) >= 11 is 0. The topological polar surface area (TPSA) is 45.7 Å². The number of nitrogens with one attached hydrogen (secondary N) is 2. The lowest BCUT2D eigenvalue weighted by Crippen LogP contribution is -2.44. The van der Waals surface area contributed by atoms with Crippen molar-refractivity contribution in [3.05, 3.63) is 29.8 Å². The quantitative estimate of drug-likeness (QED) is 0.308. The lowest BCUT2D eigenvalue weighted by atomic mass is 10.1. The molecule has 0 radical (unpaired) electrons. The van der Waals surface area contributed by atoms with Gasteiger partial charge in [0.1, 0.15) is 5.75 Å². The summed E-state index contributed by atoms with van der Waals surface area (Å²) in [5, 5.41) is 6.76. The van der Waals surface area contributed by atoms with Crippen LogP contribution in [0.1, 0.15) is 32.8 Å². The molecule has 5 heteroatoms. The van der Waals surface area contributed by atoms with Crippen LogP contribution in [0, 0.1) is 5.92 Å². The molecule has 0 fully saturated rings. The lowest BCUT2D eigenvalue weighted by Gasteiger charge is -2.20. The molecular formula is C17H30IN3O. The molecule has 0 aliphatic carbocycles. The highest BCUT2D eigenvalue weighted by atomic mass is 127. The Labute approximate surface area is 152 Å². The number of rotatable bonds is 7. The number of hydrogen-bond acceptors (Lipinski definition) is 2. The molecule has 0 aromatic heterocycles. The summed E-state index contributed by atoms with van der Waals surface area (Å²) in [5.74, 6) is 2.37. The maximum Gasteiger partial charge on any atom is 0.191 e. The lowest BCUT2D eigenvalue weighted by molar-refractivity contribution is 0.414. The molecule has 0 aliphatic rings. The molecule has 1 atom stereocenters. The average Bonchev–Trinajstić information content (AvgIpc) is 2.50. The predicted molar refractivity (Wildman–Crippen MR) is 106 cm³/mol. The second-order valence-corrected chi connectivity index (χ2v) is 5.63. The predicted octanol–water partition coefficient (Wildman–Crippen LogP) is 3.46. The third-order valence-corrected chi connectivity index (χ3v) is 3.68. The fraction of sp³-hybridized carbons (Fsp3) is 0.588. The Morgan fingerprint density at radius 2 is 1.82 bits per heavy atom. The number of guanidine groups is 1. The second kappa shape index (κ2) is 11.6. The molecule has 0 saturated heterocycles. The third-order valence-electron chi connectivity index (χ3n) is 3.68. The molecule has 0 bridgehead atoms. The Kier molecular flexibility index (Phi) is 11.1. The van der Waals surface area contributed by atoms with Crippen molar-refractivity contribution < 1.29 is 4.74 Å². The first-order chi connectivity index (χ1) is 10.1. The van der Waals surface area contributed by atoms with E-state index in [1.807, 2.05) is 19.2 Å². The highest BCUT2D eigenvalue weighted by Gasteiger charge is 2.08. The van der Waals surface area contributed by atoms with Crippen LogP contribution in [0.3, 0.4) is 0 Å². The van der Waals surface area contributed by atoms with Gasteiger partial charge in [0.2, 0.25) is 0 Å². The van der Waals surface area contributed by atoms with Gasteiger partial charge in [-0.2, -0.15) is 0 Å². The monoisotopic (exact) mass is 419 g/mol. The SMILES string of the molecule is CN=C(NCCCc1ccc(OC)cc1)NC(C)C(C)C.I. The molecule has 0 spiro atoms. The number of hydrogen-bond donors (Lipinski definition) is 2. The Balaban J connectivity index is 0.00000441. The smallest absolute Gasteiger partial charge is 0.191 e. The minimum atomic E-state index is 0. The summed E-state index contributed by atoms with van der Waals surface area (Å²) in [5.41, 5.74) is 1.33. The van der Waals surface area contributed by atoms with Crippen molar-refractivity contribution >= 4 is 29.9 Å². The Hall–Kier alpha value is -0.980. The van der Waals surface area contributed by atoms with Crippen LogP contribution in [0.2, 0.25) is 0 Å². The van der Waals surface area contributed by atoms with Crippen LogP contribution in [0.15, 0.2) is 29.3 Å². The van der Waals surface area contributed by atoms with Gasteiger partial charge in [-0.3, -0.25) is 4.99 Å². The molecule has 0 saturated carbocycles. The van der Waals surface area contributed by atoms with Gasteiger partial charge in [0.25, 0.3) is 0 Å². The number of methoxy groups -OCH3 is 1. The van der Waals surface area contributed by atoms with Gasteiger partial charge in [0, 0.05) is 19.6 Å². The number of benzene rings is 1. The van der Waals surface area contributed by atoms with Gasteiger partial charge in [0.05, 0.1) is 7.11 Å². The Bertz CT molecular complexity index is 432. The average molecular weight is 419 g/mol. The van der Waals surface area contributed by atoms with Crippen LogP contribution < -0.4 is 15.4 Å². The number of nitrogens with zero attached hydrogens (tertiary/aromatic N) is 1. The highest BCUT2D eigenvalue weighted by Crippen LogP contribution is 2.12. The summed E-state index contributed by atoms with van der Waals surface area (Å²) < 4.78 is 5.16. The van der Waals surface area contributed by atoms with Crippen LogP contribution in [-0.4, -0.2) is 32.7 Å². The Morgan fingerprint density at radius 3 is 2.32 bits per heavy atom. The van der Waals surface area contributed by atoms with Gasteiger partial charge < -0.3 is 15.4 Å². The largest absolute Gasteiger partial charge is 0.497 e. The van der Waals surface area contributed by atoms with Crippen molar-refractivity contribution in [3.63, 3.8) is 0 Å². The molecule has 0 aliphatic heterocycles. The molecule has 1 aromatic rings. The second-order valence-electron chi connectivity index (χ2n) is 5.63. The summed E-state index contributed by atoms with van der Waals surface area (Å²) in [6.45, 7) is 7.49. The zero-order valence-electron chi connectivity index (χ0n) is 14.3. The van der Waals surface area contributed by atoms with Gasteiger partial charge in [-0.25, -0.2) is 0 Å². The highest BCUT2D eigenvalue weighted by molar-refractivity contribution is 14.0. The minimum Gasteiger partial charge on any atom is -0.497 e. The first-order valence-electron chi connectivity index (χ1n) is 7.67. The first kappa shape index (κ1) is 21.0. The van der Waals surface area contributed by atoms with Crippen molar-refractivity contribution in [2.24, 2.45) is 10.9 Å². The van der Waals surface area contributed by atoms with Crippen molar-refractivity contribution in [1.82, 2.24) is 10.6 Å². The van der Waals surface area contributed by atoms with Crippen LogP contribution in [-0.2, 0) is 6.42 Å². The molecule has 1 aromatic carbocycles. The number of ether oxygens (including phenoxy) is 1. The maximum absolute atomic E-state index is 5.16. The molecule has 1 unspecified atom stereocenters. The van der Waals surface area contributed by atoms with Gasteiger partial charge in [-0.15, -0.1) is 24.0 Å². The van der Waals surface area contributed by atoms with Crippen molar-refractivity contribution in [2.75, 3.05) is 20.7 Å². The normalized spacial score (nSPS) is 12.5. The summed E-state index contributed by atoms with van der Waals surface area (Å²) in [7, 11) is 3.50. The van der Waals surface area contributed by atoms with Crippen molar-refractivity contribution in [2.45, 2.75) is 39.7 Å². The van der Waals surface area contributed by atoms with Crippen LogP contribution in [0.4, 0.5) is 0 Å². The maximum atomic E-state index is 5.16. The van der Waals surface area contributed by atoms with E-state index in [1.165, 1.54) is 5.56 Å². The van der Waals surface area contributed by atoms with Crippen molar-refractivity contribution in [1.29, 1.82) is 0 Å². The Morgan fingerprint density at radius 1 is 1.18 bits per heavy atom. The van der Waals surface area contributed by atoms with Crippen LogP contribution >= 0.6 is 24.0 Å². The van der Waals surface area contributed by atoms with Gasteiger partial charge in [-0.1, -0.05) is 26.0 Å². The molecule has 1 rings (SSSR count). The van der Waals surface area contributed by atoms with Crippen LogP contribution in [0.5, 0.6) is 5.75 Å². The van der Waals surface area contributed by atoms with E-state index in [2.05, 4.69) is 48.5 Å². The molecule has 0 amide bonds. The van der Waals surface area contributed by atoms with E-state index in [0.717, 1.165) is 31.1 Å². The fourth-order valence-electron chi connectivity index (χ4n) is 1.87. The summed E-state index contributed by atoms with van der Waals surface area (Å²) in [6.07, 6.45) is 2.12. The molecule has 0 heterocycles. The summed E-state index contributed by atoms with van der Waals surface area (Å²) in [6, 6.07) is 8.67. The number of aryl methyl sites for hydroxylation is 1. The van der Waals surface area contributed by atoms with Gasteiger partial charge >= 0.3 is 0 Å². The number of halogens is 1. The van der Waals surface area contributed by atoms with Gasteiger partial charge in [-0.05, 0) is 43.4 Å². The standard InChI is InChI=1S/C17H29N3O.HI/c1-13(2)14(3)20-17(18-4)19-12-6-7-15-8-10-16(21-5)11-9-15;/h8-11,13-14H,6-7,12H2,1-5H3,(H2,18,19,20);1H. The first-order valence-corrected chi connectivity index (χ1v) is 7.67. The number of aliphatic imine (C=N–C) groups is 1. The summed E-state index contributed by atoms with van der Waals surface area (Å²) in [4.78, 5) is 4.26. The zero-order chi connectivity index (χ0) is 15.7. The van der Waals surface area contributed by atoms with Crippen molar-refractivity contribution in [3.8, 4) is 5.75 Å². The fourth-order valence-corrected chi connectivity index (χ4v) is 1.87. The van der Waals surface area contributed by atoms with E-state index in [9.17, 15) is 0 Å². The van der Waals surface area contributed by atoms with Crippen LogP contribution in [0.25, 0.3) is 0 Å². The third kappa shape index (κ3) is 7.87. The van der Waals surface area contributed by atoms with E-state index in [1.54, 1.807) is 7.11 Å². The minimum absolute atomic E-state index is 0. The van der Waals surface area contributed by atoms with E-state index >= 15 is 0 Å². The zero-order valence-corrected chi connectivity index (χ0v) is 16.7. The molecule has 22 heavy (non-hydrogen) atoms. The van der Waals surface area contributed by atoms with E-state index in [-0.39, 0.29) is 24.0 Å². The molecule has 126 valence electrons. The molecule has 2 N–H and O–H groups in total. The van der Waals surface area contributed by atoms with E-state index in [0.29, 0.717) is 12.0 Å². The van der Waals surface area contributed by atoms with E-state index in [4.69, 9.17) is 4.74 Å². The van der Waals surface area contributed by atoms with Gasteiger partial charge in [0.15, 0.2) is 5.96 Å².